The lowest BCUT2D eigenvalue weighted by Crippen LogP contribution is -2.67. The minimum Gasteiger partial charge on any atom is -0.497 e. The van der Waals surface area contributed by atoms with Crippen molar-refractivity contribution in [3.05, 3.63) is 23.8 Å². The highest BCUT2D eigenvalue weighted by molar-refractivity contribution is 5.98. The van der Waals surface area contributed by atoms with Crippen LogP contribution in [0.5, 0.6) is 11.5 Å². The molecule has 29 heavy (non-hydrogen) atoms. The van der Waals surface area contributed by atoms with E-state index in [4.69, 9.17) is 9.47 Å². The third kappa shape index (κ3) is 3.06. The highest BCUT2D eigenvalue weighted by atomic mass is 16.5. The van der Waals surface area contributed by atoms with Gasteiger partial charge in [0.25, 0.3) is 5.91 Å². The van der Waals surface area contributed by atoms with E-state index in [2.05, 4.69) is 17.3 Å². The third-order valence-corrected chi connectivity index (χ3v) is 7.40. The number of methoxy groups -OCH3 is 1. The first-order valence-electron chi connectivity index (χ1n) is 10.7. The van der Waals surface area contributed by atoms with E-state index in [1.54, 1.807) is 25.3 Å². The second-order valence-corrected chi connectivity index (χ2v) is 9.02. The fourth-order valence-electron chi connectivity index (χ4n) is 5.68. The molecular weight excluding hydrogens is 370 g/mol. The molecule has 3 saturated carbocycles. The Bertz CT molecular complexity index is 835. The molecular formula is C22H29N3O4. The van der Waals surface area contributed by atoms with E-state index in [0.717, 1.165) is 45.4 Å². The molecule has 0 aromatic heterocycles. The van der Waals surface area contributed by atoms with E-state index >= 15 is 0 Å². The Hall–Kier alpha value is -2.28. The van der Waals surface area contributed by atoms with Crippen LogP contribution in [0.2, 0.25) is 0 Å². The van der Waals surface area contributed by atoms with Crippen LogP contribution in [0.4, 0.5) is 0 Å². The Morgan fingerprint density at radius 1 is 1.24 bits per heavy atom. The number of carbonyl (C=O) groups excluding carboxylic acids is 2. The fourth-order valence-corrected chi connectivity index (χ4v) is 5.68. The molecule has 1 aromatic carbocycles. The van der Waals surface area contributed by atoms with E-state index in [0.29, 0.717) is 29.4 Å². The molecule has 4 fully saturated rings. The number of nitrogens with zero attached hydrogens (tertiary/aromatic N) is 2. The summed E-state index contributed by atoms with van der Waals surface area (Å²) in [7, 11) is 3.71. The maximum Gasteiger partial charge on any atom is 0.258 e. The zero-order chi connectivity index (χ0) is 20.2. The summed E-state index contributed by atoms with van der Waals surface area (Å²) in [6.07, 6.45) is 3.50. The summed E-state index contributed by atoms with van der Waals surface area (Å²) in [5.41, 5.74) is -0.152. The molecule has 2 aliphatic heterocycles. The third-order valence-electron chi connectivity index (χ3n) is 7.40. The molecule has 4 atom stereocenters. The fraction of sp³-hybridized carbons (Fsp3) is 0.636. The molecule has 7 nitrogen and oxygen atoms in total. The number of nitrogens with one attached hydrogen (secondary N) is 1. The van der Waals surface area contributed by atoms with Gasteiger partial charge in [-0.2, -0.15) is 0 Å². The van der Waals surface area contributed by atoms with Crippen LogP contribution >= 0.6 is 0 Å². The maximum absolute atomic E-state index is 13.2. The first-order chi connectivity index (χ1) is 14.0. The Morgan fingerprint density at radius 2 is 2.03 bits per heavy atom. The van der Waals surface area contributed by atoms with E-state index in [-0.39, 0.29) is 23.7 Å². The van der Waals surface area contributed by atoms with Crippen molar-refractivity contribution < 1.29 is 19.1 Å². The number of likely N-dealkylation sites (N-methyl/N-ethyl adjacent to an activating group) is 1. The molecule has 7 heteroatoms. The monoisotopic (exact) mass is 399 g/mol. The van der Waals surface area contributed by atoms with E-state index in [1.807, 2.05) is 4.90 Å². The minimum atomic E-state index is -0.696. The molecule has 0 radical (unpaired) electrons. The first-order valence-corrected chi connectivity index (χ1v) is 10.7. The quantitative estimate of drug-likeness (QED) is 0.820. The molecule has 6 rings (SSSR count). The number of hydrogen-bond donors (Lipinski definition) is 1. The van der Waals surface area contributed by atoms with Crippen molar-refractivity contribution in [2.24, 2.45) is 17.8 Å². The van der Waals surface area contributed by atoms with Gasteiger partial charge >= 0.3 is 0 Å². The second kappa shape index (κ2) is 6.90. The van der Waals surface area contributed by atoms with Crippen LogP contribution in [0.1, 0.15) is 36.0 Å². The molecule has 5 aliphatic rings. The summed E-state index contributed by atoms with van der Waals surface area (Å²) in [4.78, 5) is 30.4. The number of ether oxygens (including phenoxy) is 2. The number of piperazine rings is 1. The van der Waals surface area contributed by atoms with Crippen LogP contribution in [0, 0.1) is 17.8 Å². The van der Waals surface area contributed by atoms with Gasteiger partial charge in [-0.15, -0.1) is 0 Å². The Kier molecular flexibility index (Phi) is 4.46. The topological polar surface area (TPSA) is 71.1 Å². The molecule has 0 unspecified atom stereocenters. The largest absolute Gasteiger partial charge is 0.497 e. The Labute approximate surface area is 171 Å². The van der Waals surface area contributed by atoms with Gasteiger partial charge in [0.2, 0.25) is 5.91 Å². The van der Waals surface area contributed by atoms with Crippen LogP contribution in [-0.2, 0) is 4.79 Å². The van der Waals surface area contributed by atoms with Crippen molar-refractivity contribution >= 4 is 11.8 Å². The molecule has 156 valence electrons. The molecule has 2 bridgehead atoms. The summed E-state index contributed by atoms with van der Waals surface area (Å²) in [6.45, 7) is 3.51. The van der Waals surface area contributed by atoms with Gasteiger partial charge in [-0.3, -0.25) is 9.59 Å². The highest BCUT2D eigenvalue weighted by Gasteiger charge is 2.57. The van der Waals surface area contributed by atoms with Crippen molar-refractivity contribution in [3.63, 3.8) is 0 Å². The normalized spacial score (nSPS) is 33.8. The smallest absolute Gasteiger partial charge is 0.258 e. The van der Waals surface area contributed by atoms with E-state index in [1.165, 1.54) is 0 Å². The SMILES string of the molecule is COc1ccc2c(c1)O[C@]1(C[C@H]3CC[C@H]1C[C@H]3C(=O)N1CCN(C)CC1)NC2=O. The molecule has 1 N–H and O–H groups in total. The van der Waals surface area contributed by atoms with E-state index < -0.39 is 5.72 Å². The van der Waals surface area contributed by atoms with Crippen molar-refractivity contribution in [3.8, 4) is 11.5 Å². The lowest BCUT2D eigenvalue weighted by Gasteiger charge is -2.55. The van der Waals surface area contributed by atoms with Gasteiger partial charge in [0, 0.05) is 50.5 Å². The van der Waals surface area contributed by atoms with Gasteiger partial charge in [-0.1, -0.05) is 0 Å². The lowest BCUT2D eigenvalue weighted by atomic mass is 9.59. The highest BCUT2D eigenvalue weighted by Crippen LogP contribution is 2.53. The number of fused-ring (bicyclic) bond motifs is 3. The number of benzene rings is 1. The van der Waals surface area contributed by atoms with Crippen molar-refractivity contribution in [2.75, 3.05) is 40.3 Å². The summed E-state index contributed by atoms with van der Waals surface area (Å²) in [6, 6.07) is 5.32. The summed E-state index contributed by atoms with van der Waals surface area (Å²) >= 11 is 0. The van der Waals surface area contributed by atoms with Crippen LogP contribution < -0.4 is 14.8 Å². The predicted octanol–water partition coefficient (Wildman–Crippen LogP) is 1.72. The van der Waals surface area contributed by atoms with Gasteiger partial charge in [0.1, 0.15) is 11.5 Å². The van der Waals surface area contributed by atoms with Gasteiger partial charge < -0.3 is 24.6 Å². The molecule has 1 saturated heterocycles. The average Bonchev–Trinajstić information content (AvgIpc) is 2.73. The van der Waals surface area contributed by atoms with Crippen LogP contribution in [0.3, 0.4) is 0 Å². The van der Waals surface area contributed by atoms with Crippen molar-refractivity contribution in [2.45, 2.75) is 31.4 Å². The summed E-state index contributed by atoms with van der Waals surface area (Å²) < 4.78 is 11.8. The average molecular weight is 399 g/mol. The predicted molar refractivity (Wildman–Crippen MR) is 107 cm³/mol. The first kappa shape index (κ1) is 18.7. The molecule has 1 spiro atoms. The molecule has 1 aromatic rings. The van der Waals surface area contributed by atoms with Gasteiger partial charge in [-0.05, 0) is 44.4 Å². The van der Waals surface area contributed by atoms with Crippen molar-refractivity contribution in [1.29, 1.82) is 0 Å². The van der Waals surface area contributed by atoms with Gasteiger partial charge in [0.05, 0.1) is 12.7 Å². The molecule has 2 amide bonds. The summed E-state index contributed by atoms with van der Waals surface area (Å²) in [5, 5.41) is 3.17. The summed E-state index contributed by atoms with van der Waals surface area (Å²) in [5.74, 6) is 1.92. The molecule has 3 aliphatic carbocycles. The van der Waals surface area contributed by atoms with Gasteiger partial charge in [-0.25, -0.2) is 0 Å². The van der Waals surface area contributed by atoms with Crippen LogP contribution in [-0.4, -0.2) is 67.7 Å². The standard InChI is InChI=1S/C22H29N3O4/c1-24-7-9-25(10-8-24)21(27)18-11-15-4-3-14(18)13-22(15)23-20(26)17-6-5-16(28-2)12-19(17)29-22/h5-6,12,14-15,18H,3-4,7-11,13H2,1-2H3,(H,23,26)/t14-,15+,18-,22+/m1/s1. The van der Waals surface area contributed by atoms with Crippen molar-refractivity contribution in [1.82, 2.24) is 15.1 Å². The Balaban J connectivity index is 1.36. The van der Waals surface area contributed by atoms with E-state index in [9.17, 15) is 9.59 Å². The second-order valence-electron chi connectivity index (χ2n) is 9.02. The number of carbonyl (C=O) groups is 2. The minimum absolute atomic E-state index is 0.0509. The number of amides is 2. The zero-order valence-electron chi connectivity index (χ0n) is 17.1. The Morgan fingerprint density at radius 3 is 2.72 bits per heavy atom. The molecule has 2 heterocycles. The maximum atomic E-state index is 13.2. The van der Waals surface area contributed by atoms with Crippen LogP contribution in [0.15, 0.2) is 18.2 Å². The van der Waals surface area contributed by atoms with Gasteiger partial charge in [0.15, 0.2) is 5.72 Å². The van der Waals surface area contributed by atoms with Crippen LogP contribution in [0.25, 0.3) is 0 Å². The number of hydrogen-bond acceptors (Lipinski definition) is 5. The lowest BCUT2D eigenvalue weighted by molar-refractivity contribution is -0.156. The number of rotatable bonds is 2. The zero-order valence-corrected chi connectivity index (χ0v) is 17.1.